The number of hydrogen-bond acceptors (Lipinski definition) is 6. The van der Waals surface area contributed by atoms with Crippen LogP contribution in [-0.2, 0) is 21.3 Å². The van der Waals surface area contributed by atoms with Crippen molar-refractivity contribution in [1.82, 2.24) is 9.55 Å². The van der Waals surface area contributed by atoms with Crippen LogP contribution in [0.4, 0.5) is 0 Å². The van der Waals surface area contributed by atoms with Crippen LogP contribution in [0, 0.1) is 11.8 Å². The summed E-state index contributed by atoms with van der Waals surface area (Å²) in [5, 5.41) is 11.9. The van der Waals surface area contributed by atoms with E-state index in [1.165, 1.54) is 13.4 Å². The maximum atomic E-state index is 13.7. The quantitative estimate of drug-likeness (QED) is 0.540. The highest BCUT2D eigenvalue weighted by molar-refractivity contribution is 6.17. The summed E-state index contributed by atoms with van der Waals surface area (Å²) in [5.74, 6) is -2.49. The smallest absolute Gasteiger partial charge is 0.337 e. The molecule has 3 heterocycles. The molecule has 3 atom stereocenters. The average molecular weight is 394 g/mol. The molecule has 3 unspecified atom stereocenters. The second-order valence-corrected chi connectivity index (χ2v) is 7.23. The minimum atomic E-state index is -0.910. The van der Waals surface area contributed by atoms with Gasteiger partial charge in [-0.2, -0.15) is 0 Å². The first-order chi connectivity index (χ1) is 14.0. The zero-order valence-electron chi connectivity index (χ0n) is 16.5. The molecule has 7 heteroatoms. The normalized spacial score (nSPS) is 21.7. The number of carbonyl (C=O) groups excluding carboxylic acids is 2. The lowest BCUT2D eigenvalue weighted by Crippen LogP contribution is -2.41. The lowest BCUT2D eigenvalue weighted by Gasteiger charge is -2.33. The Morgan fingerprint density at radius 1 is 1.24 bits per heavy atom. The molecule has 0 fully saturated rings. The number of aromatic nitrogens is 2. The summed E-state index contributed by atoms with van der Waals surface area (Å²) < 4.78 is 12.3. The average Bonchev–Trinajstić information content (AvgIpc) is 3.05. The number of benzene rings is 1. The van der Waals surface area contributed by atoms with Gasteiger partial charge in [0.25, 0.3) is 0 Å². The number of pyridine rings is 1. The Kier molecular flexibility index (Phi) is 4.84. The number of Topliss-reactive ketones (excluding diaryl/α,β-unsaturated/α-hetero) is 1. The molecule has 0 saturated carbocycles. The summed E-state index contributed by atoms with van der Waals surface area (Å²) in [7, 11) is 3.13. The number of fused-ring (bicyclic) bond motifs is 3. The van der Waals surface area contributed by atoms with Crippen LogP contribution >= 0.6 is 0 Å². The van der Waals surface area contributed by atoms with Crippen LogP contribution in [0.25, 0.3) is 21.8 Å². The lowest BCUT2D eigenvalue weighted by molar-refractivity contribution is -0.138. The predicted molar refractivity (Wildman–Crippen MR) is 107 cm³/mol. The van der Waals surface area contributed by atoms with Crippen LogP contribution in [0.5, 0.6) is 0 Å². The molecule has 150 valence electrons. The van der Waals surface area contributed by atoms with Gasteiger partial charge < -0.3 is 19.1 Å². The zero-order chi connectivity index (χ0) is 20.7. The third-order valence-electron chi connectivity index (χ3n) is 5.74. The molecule has 0 amide bonds. The molecule has 1 aliphatic heterocycles. The SMILES string of the molecule is COC(=O)C1=COC(C)C(CO)C1C(=O)c1nccc2c3ccccc3n(C)c12. The van der Waals surface area contributed by atoms with Gasteiger partial charge in [0.2, 0.25) is 0 Å². The van der Waals surface area contributed by atoms with Crippen molar-refractivity contribution in [3.63, 3.8) is 0 Å². The highest BCUT2D eigenvalue weighted by Gasteiger charge is 2.43. The Labute approximate surface area is 167 Å². The minimum absolute atomic E-state index is 0.0900. The molecule has 3 aromatic rings. The molecular weight excluding hydrogens is 372 g/mol. The van der Waals surface area contributed by atoms with Gasteiger partial charge in [0.05, 0.1) is 37.0 Å². The van der Waals surface area contributed by atoms with Gasteiger partial charge >= 0.3 is 5.97 Å². The highest BCUT2D eigenvalue weighted by atomic mass is 16.5. The van der Waals surface area contributed by atoms with E-state index in [2.05, 4.69) is 4.98 Å². The number of para-hydroxylation sites is 1. The third kappa shape index (κ3) is 2.89. The van der Waals surface area contributed by atoms with Crippen LogP contribution in [0.1, 0.15) is 17.4 Å². The Morgan fingerprint density at radius 3 is 2.72 bits per heavy atom. The van der Waals surface area contributed by atoms with E-state index in [1.54, 1.807) is 13.1 Å². The van der Waals surface area contributed by atoms with Crippen LogP contribution in [0.3, 0.4) is 0 Å². The highest BCUT2D eigenvalue weighted by Crippen LogP contribution is 2.36. The van der Waals surface area contributed by atoms with E-state index in [0.717, 1.165) is 16.3 Å². The summed E-state index contributed by atoms with van der Waals surface area (Å²) in [5.41, 5.74) is 2.02. The summed E-state index contributed by atoms with van der Waals surface area (Å²) in [6.07, 6.45) is 2.43. The Morgan fingerprint density at radius 2 is 2.00 bits per heavy atom. The first-order valence-electron chi connectivity index (χ1n) is 9.40. The largest absolute Gasteiger partial charge is 0.497 e. The third-order valence-corrected chi connectivity index (χ3v) is 5.74. The van der Waals surface area contributed by atoms with Crippen molar-refractivity contribution in [3.05, 3.63) is 54.1 Å². The first-order valence-corrected chi connectivity index (χ1v) is 9.40. The van der Waals surface area contributed by atoms with E-state index in [1.807, 2.05) is 41.9 Å². The zero-order valence-corrected chi connectivity index (χ0v) is 16.5. The lowest BCUT2D eigenvalue weighted by atomic mass is 9.78. The maximum absolute atomic E-state index is 13.7. The van der Waals surface area contributed by atoms with E-state index in [-0.39, 0.29) is 23.7 Å². The molecule has 0 aliphatic carbocycles. The fourth-order valence-corrected chi connectivity index (χ4v) is 4.19. The van der Waals surface area contributed by atoms with Crippen molar-refractivity contribution in [2.45, 2.75) is 13.0 Å². The molecule has 4 rings (SSSR count). The minimum Gasteiger partial charge on any atom is -0.497 e. The van der Waals surface area contributed by atoms with E-state index in [4.69, 9.17) is 9.47 Å². The number of nitrogens with zero attached hydrogens (tertiary/aromatic N) is 2. The number of methoxy groups -OCH3 is 1. The molecule has 1 aromatic carbocycles. The number of aliphatic hydroxyl groups is 1. The van der Waals surface area contributed by atoms with E-state index >= 15 is 0 Å². The molecule has 0 spiro atoms. The van der Waals surface area contributed by atoms with Gasteiger partial charge in [-0.3, -0.25) is 9.78 Å². The summed E-state index contributed by atoms with van der Waals surface area (Å²) in [6.45, 7) is 1.45. The summed E-state index contributed by atoms with van der Waals surface area (Å²) in [4.78, 5) is 30.4. The maximum Gasteiger partial charge on any atom is 0.337 e. The molecule has 0 bridgehead atoms. The van der Waals surface area contributed by atoms with E-state index in [9.17, 15) is 14.7 Å². The second kappa shape index (κ2) is 7.33. The van der Waals surface area contributed by atoms with Crippen LogP contribution in [0.2, 0.25) is 0 Å². The molecule has 7 nitrogen and oxygen atoms in total. The number of hydrogen-bond donors (Lipinski definition) is 1. The fourth-order valence-electron chi connectivity index (χ4n) is 4.19. The molecular formula is C22H22N2O5. The number of esters is 1. The van der Waals surface area contributed by atoms with E-state index < -0.39 is 23.9 Å². The van der Waals surface area contributed by atoms with Gasteiger partial charge in [-0.15, -0.1) is 0 Å². The van der Waals surface area contributed by atoms with Crippen LogP contribution in [-0.4, -0.2) is 46.2 Å². The molecule has 29 heavy (non-hydrogen) atoms. The molecule has 2 aromatic heterocycles. The van der Waals surface area contributed by atoms with Crippen molar-refractivity contribution in [1.29, 1.82) is 0 Å². The monoisotopic (exact) mass is 394 g/mol. The van der Waals surface area contributed by atoms with E-state index in [0.29, 0.717) is 5.52 Å². The van der Waals surface area contributed by atoms with Crippen LogP contribution in [0.15, 0.2) is 48.4 Å². The van der Waals surface area contributed by atoms with Gasteiger partial charge in [-0.25, -0.2) is 4.79 Å². The van der Waals surface area contributed by atoms with Gasteiger partial charge in [0, 0.05) is 35.5 Å². The van der Waals surface area contributed by atoms with Crippen molar-refractivity contribution in [3.8, 4) is 0 Å². The van der Waals surface area contributed by atoms with Crippen molar-refractivity contribution in [2.24, 2.45) is 18.9 Å². The summed E-state index contributed by atoms with van der Waals surface area (Å²) >= 11 is 0. The fraction of sp³-hybridized carbons (Fsp3) is 0.318. The Bertz CT molecular complexity index is 1150. The Balaban J connectivity index is 1.93. The van der Waals surface area contributed by atoms with Crippen molar-refractivity contribution < 1.29 is 24.2 Å². The number of ether oxygens (including phenoxy) is 2. The Hall–Kier alpha value is -3.19. The van der Waals surface area contributed by atoms with Gasteiger partial charge in [-0.05, 0) is 19.1 Å². The number of aliphatic hydroxyl groups excluding tert-OH is 1. The number of carbonyl (C=O) groups is 2. The predicted octanol–water partition coefficient (Wildman–Crippen LogP) is 2.61. The second-order valence-electron chi connectivity index (χ2n) is 7.23. The van der Waals surface area contributed by atoms with Crippen LogP contribution < -0.4 is 0 Å². The van der Waals surface area contributed by atoms with Gasteiger partial charge in [-0.1, -0.05) is 18.2 Å². The molecule has 1 N–H and O–H groups in total. The van der Waals surface area contributed by atoms with Gasteiger partial charge in [0.15, 0.2) is 5.78 Å². The molecule has 0 saturated heterocycles. The number of ketones is 1. The van der Waals surface area contributed by atoms with Crippen molar-refractivity contribution >= 4 is 33.6 Å². The molecule has 1 aliphatic rings. The van der Waals surface area contributed by atoms with Crippen molar-refractivity contribution in [2.75, 3.05) is 13.7 Å². The standard InChI is InChI=1S/C22H22N2O5/c1-12-15(10-25)18(16(11-29-12)22(27)28-3)21(26)19-20-14(8-9-23-19)13-6-4-5-7-17(13)24(20)2/h4-9,11-12,15,18,25H,10H2,1-3H3. The topological polar surface area (TPSA) is 90.7 Å². The number of rotatable bonds is 4. The first kappa shape index (κ1) is 19.1. The van der Waals surface area contributed by atoms with Gasteiger partial charge in [0.1, 0.15) is 11.8 Å². The number of aryl methyl sites for hydroxylation is 1. The molecule has 0 radical (unpaired) electrons. The summed E-state index contributed by atoms with van der Waals surface area (Å²) in [6, 6.07) is 9.75.